The van der Waals surface area contributed by atoms with Gasteiger partial charge in [0.05, 0.1) is 27.9 Å². The zero-order valence-corrected chi connectivity index (χ0v) is 16.1. The number of nitro groups is 1. The average Bonchev–Trinajstić information content (AvgIpc) is 3.22. The van der Waals surface area contributed by atoms with Gasteiger partial charge < -0.3 is 4.57 Å². The molecule has 28 heavy (non-hydrogen) atoms. The van der Waals surface area contributed by atoms with E-state index in [1.807, 2.05) is 29.8 Å². The molecule has 140 valence electrons. The number of aryl methyl sites for hydroxylation is 1. The number of aromatic amines is 1. The molecule has 4 aromatic rings. The normalized spacial score (nSPS) is 11.5. The molecule has 2 aromatic carbocycles. The zero-order valence-electron chi connectivity index (χ0n) is 14.5. The van der Waals surface area contributed by atoms with Crippen molar-refractivity contribution in [3.63, 3.8) is 0 Å². The Balaban J connectivity index is 1.60. The standard InChI is InChI=1S/C18H13BrN6O3/c1-24-9-14(12-6-10(19)2-5-17(12)24)18(26)23-20-8-16-13-7-11(25(27)28)3-4-15(13)21-22-16/h2-9H,1H3,(H,21,22)(H,23,26)/b20-8-. The van der Waals surface area contributed by atoms with Crippen molar-refractivity contribution in [2.45, 2.75) is 0 Å². The lowest BCUT2D eigenvalue weighted by molar-refractivity contribution is -0.384. The van der Waals surface area contributed by atoms with E-state index in [2.05, 4.69) is 36.7 Å². The van der Waals surface area contributed by atoms with Crippen LogP contribution in [0.25, 0.3) is 21.8 Å². The zero-order chi connectivity index (χ0) is 19.8. The number of rotatable bonds is 4. The molecule has 2 N–H and O–H groups in total. The Kier molecular flexibility index (Phi) is 4.40. The summed E-state index contributed by atoms with van der Waals surface area (Å²) in [6, 6.07) is 10.0. The van der Waals surface area contributed by atoms with Gasteiger partial charge in [0, 0.05) is 46.1 Å². The number of fused-ring (bicyclic) bond motifs is 2. The van der Waals surface area contributed by atoms with Crippen molar-refractivity contribution < 1.29 is 9.72 Å². The molecule has 0 unspecified atom stereocenters. The highest BCUT2D eigenvalue weighted by molar-refractivity contribution is 9.10. The van der Waals surface area contributed by atoms with Crippen LogP contribution in [0.4, 0.5) is 5.69 Å². The molecule has 10 heteroatoms. The number of carbonyl (C=O) groups is 1. The second-order valence-corrected chi connectivity index (χ2v) is 7.03. The predicted octanol–water partition coefficient (Wildman–Crippen LogP) is 3.49. The molecule has 0 spiro atoms. The van der Waals surface area contributed by atoms with Crippen molar-refractivity contribution in [3.05, 3.63) is 68.4 Å². The van der Waals surface area contributed by atoms with Gasteiger partial charge in [-0.05, 0) is 24.3 Å². The van der Waals surface area contributed by atoms with Gasteiger partial charge in [-0.2, -0.15) is 10.2 Å². The maximum absolute atomic E-state index is 12.6. The van der Waals surface area contributed by atoms with Gasteiger partial charge in [-0.25, -0.2) is 5.43 Å². The number of benzene rings is 2. The second-order valence-electron chi connectivity index (χ2n) is 6.11. The summed E-state index contributed by atoms with van der Waals surface area (Å²) >= 11 is 3.41. The third kappa shape index (κ3) is 3.14. The van der Waals surface area contributed by atoms with E-state index < -0.39 is 4.92 Å². The van der Waals surface area contributed by atoms with Gasteiger partial charge in [0.2, 0.25) is 0 Å². The monoisotopic (exact) mass is 440 g/mol. The van der Waals surface area contributed by atoms with E-state index in [0.717, 1.165) is 15.4 Å². The molecule has 0 saturated heterocycles. The highest BCUT2D eigenvalue weighted by Crippen LogP contribution is 2.25. The van der Waals surface area contributed by atoms with Gasteiger partial charge >= 0.3 is 0 Å². The fraction of sp³-hybridized carbons (Fsp3) is 0.0556. The number of carbonyl (C=O) groups excluding carboxylic acids is 1. The molecular weight excluding hydrogens is 428 g/mol. The Morgan fingerprint density at radius 3 is 2.93 bits per heavy atom. The lowest BCUT2D eigenvalue weighted by Gasteiger charge is -1.99. The molecule has 0 bridgehead atoms. The summed E-state index contributed by atoms with van der Waals surface area (Å²) in [5, 5.41) is 23.1. The first-order chi connectivity index (χ1) is 13.4. The molecule has 0 aliphatic heterocycles. The van der Waals surface area contributed by atoms with Crippen LogP contribution < -0.4 is 5.43 Å². The minimum atomic E-state index is -0.478. The Morgan fingerprint density at radius 2 is 2.14 bits per heavy atom. The highest BCUT2D eigenvalue weighted by atomic mass is 79.9. The number of hydrazone groups is 1. The van der Waals surface area contributed by atoms with Gasteiger partial charge in [0.15, 0.2) is 0 Å². The number of nitrogens with zero attached hydrogens (tertiary/aromatic N) is 4. The number of amides is 1. The Morgan fingerprint density at radius 1 is 1.32 bits per heavy atom. The average molecular weight is 441 g/mol. The summed E-state index contributed by atoms with van der Waals surface area (Å²) in [7, 11) is 1.86. The van der Waals surface area contributed by atoms with Crippen molar-refractivity contribution in [1.29, 1.82) is 0 Å². The fourth-order valence-corrected chi connectivity index (χ4v) is 3.35. The third-order valence-corrected chi connectivity index (χ3v) is 4.83. The van der Waals surface area contributed by atoms with Crippen LogP contribution in [-0.2, 0) is 7.05 Å². The van der Waals surface area contributed by atoms with Crippen LogP contribution in [0, 0.1) is 10.1 Å². The number of nitrogens with one attached hydrogen (secondary N) is 2. The maximum Gasteiger partial charge on any atom is 0.273 e. The summed E-state index contributed by atoms with van der Waals surface area (Å²) in [6.45, 7) is 0. The number of hydrogen-bond donors (Lipinski definition) is 2. The van der Waals surface area contributed by atoms with Gasteiger partial charge in [0.1, 0.15) is 0 Å². The molecule has 9 nitrogen and oxygen atoms in total. The third-order valence-electron chi connectivity index (χ3n) is 4.33. The maximum atomic E-state index is 12.6. The molecule has 0 aliphatic carbocycles. The molecule has 4 rings (SSSR count). The van der Waals surface area contributed by atoms with Crippen LogP contribution in [0.1, 0.15) is 16.1 Å². The molecule has 0 radical (unpaired) electrons. The molecule has 2 heterocycles. The number of hydrogen-bond acceptors (Lipinski definition) is 5. The van der Waals surface area contributed by atoms with Crippen LogP contribution in [0.15, 0.2) is 52.2 Å². The minimum absolute atomic E-state index is 0.0473. The minimum Gasteiger partial charge on any atom is -0.350 e. The van der Waals surface area contributed by atoms with Gasteiger partial charge in [-0.1, -0.05) is 15.9 Å². The first-order valence-corrected chi connectivity index (χ1v) is 8.94. The molecule has 0 fully saturated rings. The first-order valence-electron chi connectivity index (χ1n) is 8.14. The summed E-state index contributed by atoms with van der Waals surface area (Å²) in [4.78, 5) is 23.0. The summed E-state index contributed by atoms with van der Waals surface area (Å²) in [6.07, 6.45) is 3.11. The van der Waals surface area contributed by atoms with Gasteiger partial charge in [-0.15, -0.1) is 0 Å². The summed E-state index contributed by atoms with van der Waals surface area (Å²) in [5.74, 6) is -0.366. The lowest BCUT2D eigenvalue weighted by atomic mass is 10.2. The van der Waals surface area contributed by atoms with Crippen LogP contribution in [0.5, 0.6) is 0 Å². The fourth-order valence-electron chi connectivity index (χ4n) is 2.99. The first kappa shape index (κ1) is 17.9. The summed E-state index contributed by atoms with van der Waals surface area (Å²) in [5.41, 5.74) is 4.87. The number of nitro benzene ring substituents is 1. The highest BCUT2D eigenvalue weighted by Gasteiger charge is 2.14. The van der Waals surface area contributed by atoms with E-state index in [1.165, 1.54) is 18.3 Å². The molecule has 2 aromatic heterocycles. The van der Waals surface area contributed by atoms with Gasteiger partial charge in [-0.3, -0.25) is 20.0 Å². The van der Waals surface area contributed by atoms with Crippen LogP contribution >= 0.6 is 15.9 Å². The smallest absolute Gasteiger partial charge is 0.273 e. The topological polar surface area (TPSA) is 118 Å². The van der Waals surface area contributed by atoms with Crippen molar-refractivity contribution in [1.82, 2.24) is 20.2 Å². The van der Waals surface area contributed by atoms with E-state index in [-0.39, 0.29) is 11.6 Å². The predicted molar refractivity (Wildman–Crippen MR) is 108 cm³/mol. The Hall–Kier alpha value is -3.53. The van der Waals surface area contributed by atoms with Crippen LogP contribution in [0.3, 0.4) is 0 Å². The van der Waals surface area contributed by atoms with Crippen molar-refractivity contribution >= 4 is 55.5 Å². The molecular formula is C18H13BrN6O3. The number of aromatic nitrogens is 3. The summed E-state index contributed by atoms with van der Waals surface area (Å²) < 4.78 is 2.73. The van der Waals surface area contributed by atoms with E-state index in [4.69, 9.17) is 0 Å². The Labute approximate surface area is 166 Å². The quantitative estimate of drug-likeness (QED) is 0.286. The van der Waals surface area contributed by atoms with E-state index in [0.29, 0.717) is 22.2 Å². The van der Waals surface area contributed by atoms with Crippen LogP contribution in [-0.4, -0.2) is 31.8 Å². The molecule has 1 amide bonds. The molecule has 0 saturated carbocycles. The van der Waals surface area contributed by atoms with E-state index in [1.54, 1.807) is 12.3 Å². The number of H-pyrrole nitrogens is 1. The largest absolute Gasteiger partial charge is 0.350 e. The SMILES string of the molecule is Cn1cc(C(=O)N/N=C\c2[nH]nc3ccc([N+](=O)[O-])cc23)c2cc(Br)ccc21. The molecule has 0 atom stereocenters. The van der Waals surface area contributed by atoms with Crippen LogP contribution in [0.2, 0.25) is 0 Å². The van der Waals surface area contributed by atoms with Crippen molar-refractivity contribution in [2.24, 2.45) is 12.1 Å². The second kappa shape index (κ2) is 6.89. The number of halogens is 1. The van der Waals surface area contributed by atoms with E-state index in [9.17, 15) is 14.9 Å². The van der Waals surface area contributed by atoms with E-state index >= 15 is 0 Å². The Bertz CT molecular complexity index is 1270. The number of non-ortho nitro benzene ring substituents is 1. The molecule has 0 aliphatic rings. The van der Waals surface area contributed by atoms with Gasteiger partial charge in [0.25, 0.3) is 11.6 Å². The van der Waals surface area contributed by atoms with Crippen molar-refractivity contribution in [2.75, 3.05) is 0 Å². The van der Waals surface area contributed by atoms with Crippen molar-refractivity contribution in [3.8, 4) is 0 Å². The lowest BCUT2D eigenvalue weighted by Crippen LogP contribution is -2.17.